The van der Waals surface area contributed by atoms with Crippen molar-refractivity contribution in [1.29, 1.82) is 0 Å². The first-order valence-electron chi connectivity index (χ1n) is 3.58. The molecule has 0 atom stereocenters. The topological polar surface area (TPSA) is 61.0 Å². The van der Waals surface area contributed by atoms with Gasteiger partial charge in [0.05, 0.1) is 3.57 Å². The maximum absolute atomic E-state index is 5.58. The minimum absolute atomic E-state index is 0.428. The largest absolute Gasteiger partial charge is 0.383 e. The van der Waals surface area contributed by atoms with Crippen LogP contribution in [0.25, 0.3) is 0 Å². The molecule has 1 heterocycles. The standard InChI is InChI=1S/C7H10IN3O/c1-2-12-4-6-10-3-5(8)7(9)11-6/h3H,2,4H2,1H3,(H2,9,10,11). The zero-order valence-corrected chi connectivity index (χ0v) is 8.91. The van der Waals surface area contributed by atoms with Crippen LogP contribution >= 0.6 is 22.6 Å². The van der Waals surface area contributed by atoms with Crippen molar-refractivity contribution < 1.29 is 4.74 Å². The summed E-state index contributed by atoms with van der Waals surface area (Å²) in [4.78, 5) is 8.10. The number of rotatable bonds is 3. The molecule has 0 unspecified atom stereocenters. The molecule has 0 saturated carbocycles. The predicted octanol–water partition coefficient (Wildman–Crippen LogP) is 1.20. The van der Waals surface area contributed by atoms with Crippen LogP contribution in [0, 0.1) is 3.57 Å². The fraction of sp³-hybridized carbons (Fsp3) is 0.429. The number of ether oxygens (including phenoxy) is 1. The molecule has 1 aromatic heterocycles. The Labute approximate surface area is 84.7 Å². The normalized spacial score (nSPS) is 10.2. The fourth-order valence-corrected chi connectivity index (χ4v) is 0.941. The number of anilines is 1. The third-order valence-corrected chi connectivity index (χ3v) is 2.09. The van der Waals surface area contributed by atoms with Crippen molar-refractivity contribution in [3.8, 4) is 0 Å². The molecule has 0 aliphatic heterocycles. The Morgan fingerprint density at radius 3 is 3.00 bits per heavy atom. The molecule has 0 saturated heterocycles. The van der Waals surface area contributed by atoms with E-state index in [4.69, 9.17) is 10.5 Å². The van der Waals surface area contributed by atoms with E-state index in [1.807, 2.05) is 6.92 Å². The van der Waals surface area contributed by atoms with Gasteiger partial charge in [-0.3, -0.25) is 0 Å². The number of nitrogens with two attached hydrogens (primary N) is 1. The highest BCUT2D eigenvalue weighted by atomic mass is 127. The molecule has 12 heavy (non-hydrogen) atoms. The Balaban J connectivity index is 2.69. The van der Waals surface area contributed by atoms with Crippen molar-refractivity contribution >= 4 is 28.4 Å². The molecule has 1 rings (SSSR count). The van der Waals surface area contributed by atoms with Crippen molar-refractivity contribution in [1.82, 2.24) is 9.97 Å². The Hall–Kier alpha value is -0.430. The molecule has 0 aliphatic rings. The van der Waals surface area contributed by atoms with Crippen molar-refractivity contribution in [2.24, 2.45) is 0 Å². The molecule has 0 radical (unpaired) electrons. The van der Waals surface area contributed by atoms with Crippen LogP contribution in [-0.4, -0.2) is 16.6 Å². The monoisotopic (exact) mass is 279 g/mol. The van der Waals surface area contributed by atoms with E-state index in [2.05, 4.69) is 32.6 Å². The maximum atomic E-state index is 5.58. The van der Waals surface area contributed by atoms with Crippen LogP contribution in [0.15, 0.2) is 6.20 Å². The average molecular weight is 279 g/mol. The lowest BCUT2D eigenvalue weighted by atomic mass is 10.5. The second-order valence-electron chi connectivity index (χ2n) is 2.16. The summed E-state index contributed by atoms with van der Waals surface area (Å²) in [6.07, 6.45) is 1.69. The van der Waals surface area contributed by atoms with Gasteiger partial charge in [0.25, 0.3) is 0 Å². The van der Waals surface area contributed by atoms with Gasteiger partial charge in [-0.05, 0) is 29.5 Å². The van der Waals surface area contributed by atoms with Crippen LogP contribution in [0.2, 0.25) is 0 Å². The summed E-state index contributed by atoms with van der Waals surface area (Å²) in [5.74, 6) is 1.15. The van der Waals surface area contributed by atoms with Gasteiger partial charge in [-0.15, -0.1) is 0 Å². The summed E-state index contributed by atoms with van der Waals surface area (Å²) < 4.78 is 6.00. The van der Waals surface area contributed by atoms with Crippen LogP contribution < -0.4 is 5.73 Å². The van der Waals surface area contributed by atoms with Gasteiger partial charge in [-0.1, -0.05) is 0 Å². The number of nitrogens with zero attached hydrogens (tertiary/aromatic N) is 2. The quantitative estimate of drug-likeness (QED) is 0.844. The van der Waals surface area contributed by atoms with E-state index >= 15 is 0 Å². The first-order valence-corrected chi connectivity index (χ1v) is 4.66. The van der Waals surface area contributed by atoms with Gasteiger partial charge >= 0.3 is 0 Å². The van der Waals surface area contributed by atoms with E-state index in [-0.39, 0.29) is 0 Å². The van der Waals surface area contributed by atoms with E-state index in [9.17, 15) is 0 Å². The molecular weight excluding hydrogens is 269 g/mol. The summed E-state index contributed by atoms with van der Waals surface area (Å²) in [6, 6.07) is 0. The minimum Gasteiger partial charge on any atom is -0.383 e. The van der Waals surface area contributed by atoms with Crippen molar-refractivity contribution in [2.75, 3.05) is 12.3 Å². The van der Waals surface area contributed by atoms with Gasteiger partial charge < -0.3 is 10.5 Å². The lowest BCUT2D eigenvalue weighted by Crippen LogP contribution is -2.03. The molecule has 0 aliphatic carbocycles. The summed E-state index contributed by atoms with van der Waals surface area (Å²) in [6.45, 7) is 3.02. The fourth-order valence-electron chi connectivity index (χ4n) is 0.682. The first-order chi connectivity index (χ1) is 5.74. The smallest absolute Gasteiger partial charge is 0.156 e. The van der Waals surface area contributed by atoms with Crippen LogP contribution in [0.4, 0.5) is 5.82 Å². The van der Waals surface area contributed by atoms with Crippen molar-refractivity contribution in [2.45, 2.75) is 13.5 Å². The molecule has 0 fully saturated rings. The van der Waals surface area contributed by atoms with Gasteiger partial charge in [-0.25, -0.2) is 9.97 Å². The first kappa shape index (κ1) is 9.66. The molecule has 0 spiro atoms. The summed E-state index contributed by atoms with van der Waals surface area (Å²) in [7, 11) is 0. The SMILES string of the molecule is CCOCc1ncc(I)c(N)n1. The lowest BCUT2D eigenvalue weighted by molar-refractivity contribution is 0.128. The maximum Gasteiger partial charge on any atom is 0.156 e. The van der Waals surface area contributed by atoms with Gasteiger partial charge in [0.2, 0.25) is 0 Å². The molecule has 0 aromatic carbocycles. The van der Waals surface area contributed by atoms with Crippen molar-refractivity contribution in [3.05, 3.63) is 15.6 Å². The molecule has 1 aromatic rings. The number of hydrogen-bond acceptors (Lipinski definition) is 4. The Morgan fingerprint density at radius 1 is 1.67 bits per heavy atom. The number of hydrogen-bond donors (Lipinski definition) is 1. The van der Waals surface area contributed by atoms with E-state index in [0.717, 1.165) is 3.57 Å². The molecule has 5 heteroatoms. The zero-order chi connectivity index (χ0) is 8.97. The lowest BCUT2D eigenvalue weighted by Gasteiger charge is -2.01. The molecule has 0 bridgehead atoms. The highest BCUT2D eigenvalue weighted by molar-refractivity contribution is 14.1. The molecular formula is C7H10IN3O. The Kier molecular flexibility index (Phi) is 3.67. The Morgan fingerprint density at radius 2 is 2.42 bits per heavy atom. The minimum atomic E-state index is 0.428. The van der Waals surface area contributed by atoms with Crippen LogP contribution in [0.5, 0.6) is 0 Å². The molecule has 66 valence electrons. The summed E-state index contributed by atoms with van der Waals surface area (Å²) in [5.41, 5.74) is 5.58. The van der Waals surface area contributed by atoms with Crippen LogP contribution in [0.1, 0.15) is 12.7 Å². The second-order valence-corrected chi connectivity index (χ2v) is 3.32. The number of halogens is 1. The molecule has 4 nitrogen and oxygen atoms in total. The van der Waals surface area contributed by atoms with Crippen molar-refractivity contribution in [3.63, 3.8) is 0 Å². The summed E-state index contributed by atoms with van der Waals surface area (Å²) >= 11 is 2.09. The van der Waals surface area contributed by atoms with Crippen LogP contribution in [0.3, 0.4) is 0 Å². The third kappa shape index (κ3) is 2.56. The highest BCUT2D eigenvalue weighted by Crippen LogP contribution is 2.09. The van der Waals surface area contributed by atoms with Crippen LogP contribution in [-0.2, 0) is 11.3 Å². The molecule has 2 N–H and O–H groups in total. The van der Waals surface area contributed by atoms with E-state index in [1.165, 1.54) is 0 Å². The van der Waals surface area contributed by atoms with Gasteiger partial charge in [0.15, 0.2) is 5.82 Å². The number of aromatic nitrogens is 2. The molecule has 0 amide bonds. The Bertz CT molecular complexity index is 267. The van der Waals surface area contributed by atoms with E-state index < -0.39 is 0 Å². The second kappa shape index (κ2) is 4.56. The van der Waals surface area contributed by atoms with E-state index in [0.29, 0.717) is 24.9 Å². The van der Waals surface area contributed by atoms with Gasteiger partial charge in [0, 0.05) is 12.8 Å². The van der Waals surface area contributed by atoms with Gasteiger partial charge in [-0.2, -0.15) is 0 Å². The average Bonchev–Trinajstić information content (AvgIpc) is 2.07. The number of nitrogen functional groups attached to an aromatic ring is 1. The highest BCUT2D eigenvalue weighted by Gasteiger charge is 2.00. The third-order valence-electron chi connectivity index (χ3n) is 1.26. The van der Waals surface area contributed by atoms with E-state index in [1.54, 1.807) is 6.20 Å². The zero-order valence-electron chi connectivity index (χ0n) is 6.75. The summed E-state index contributed by atoms with van der Waals surface area (Å²) in [5, 5.41) is 0. The van der Waals surface area contributed by atoms with Gasteiger partial charge in [0.1, 0.15) is 12.4 Å². The predicted molar refractivity (Wildman–Crippen MR) is 54.5 cm³/mol.